The number of aliphatic hydroxyl groups excluding tert-OH is 4. The zero-order valence-electron chi connectivity index (χ0n) is 16.1. The Bertz CT molecular complexity index is 553. The SMILES string of the molecule is CC(O)C([C]=O)NC(=O)C(NC(=O)C(NC(=O)C(N)C(C)O)C(C)O)C(C)O. The first-order chi connectivity index (χ1) is 12.8. The van der Waals surface area contributed by atoms with Crippen LogP contribution in [0.4, 0.5) is 0 Å². The molecule has 0 bridgehead atoms. The zero-order valence-corrected chi connectivity index (χ0v) is 16.1. The zero-order chi connectivity index (χ0) is 22.2. The predicted octanol–water partition coefficient (Wildman–Crippen LogP) is -4.60. The van der Waals surface area contributed by atoms with Crippen LogP contribution in [0, 0.1) is 0 Å². The summed E-state index contributed by atoms with van der Waals surface area (Å²) in [6.07, 6.45) is -3.90. The lowest BCUT2D eigenvalue weighted by molar-refractivity contribution is -0.136. The summed E-state index contributed by atoms with van der Waals surface area (Å²) in [5, 5.41) is 44.7. The molecular formula is C16H29N4O8. The van der Waals surface area contributed by atoms with Crippen LogP contribution in [0.15, 0.2) is 0 Å². The summed E-state index contributed by atoms with van der Waals surface area (Å²) in [6, 6.07) is -5.86. The van der Waals surface area contributed by atoms with Crippen LogP contribution in [0.25, 0.3) is 0 Å². The molecule has 0 aliphatic heterocycles. The number of rotatable bonds is 11. The van der Waals surface area contributed by atoms with Crippen LogP contribution in [0.3, 0.4) is 0 Å². The Balaban J connectivity index is 5.29. The second kappa shape index (κ2) is 11.7. The van der Waals surface area contributed by atoms with Crippen molar-refractivity contribution < 1.29 is 39.6 Å². The lowest BCUT2D eigenvalue weighted by Gasteiger charge is -2.28. The second-order valence-electron chi connectivity index (χ2n) is 6.56. The molecule has 0 aliphatic rings. The van der Waals surface area contributed by atoms with Gasteiger partial charge in [0, 0.05) is 0 Å². The van der Waals surface area contributed by atoms with E-state index in [0.717, 1.165) is 0 Å². The molecule has 0 aromatic rings. The van der Waals surface area contributed by atoms with E-state index in [2.05, 4.69) is 16.0 Å². The van der Waals surface area contributed by atoms with E-state index in [-0.39, 0.29) is 0 Å². The maximum Gasteiger partial charge on any atom is 0.245 e. The van der Waals surface area contributed by atoms with E-state index >= 15 is 0 Å². The van der Waals surface area contributed by atoms with Gasteiger partial charge in [0.1, 0.15) is 24.2 Å². The van der Waals surface area contributed by atoms with Gasteiger partial charge in [-0.2, -0.15) is 0 Å². The largest absolute Gasteiger partial charge is 0.391 e. The second-order valence-corrected chi connectivity index (χ2v) is 6.56. The molecule has 0 heterocycles. The molecule has 12 heteroatoms. The molecule has 0 fully saturated rings. The highest BCUT2D eigenvalue weighted by Gasteiger charge is 2.34. The Hall–Kier alpha value is -2.12. The van der Waals surface area contributed by atoms with E-state index in [1.165, 1.54) is 34.0 Å². The summed E-state index contributed by atoms with van der Waals surface area (Å²) in [5.41, 5.74) is 5.47. The van der Waals surface area contributed by atoms with Gasteiger partial charge in [-0.3, -0.25) is 19.2 Å². The molecule has 8 atom stereocenters. The van der Waals surface area contributed by atoms with Gasteiger partial charge >= 0.3 is 0 Å². The minimum atomic E-state index is -1.56. The highest BCUT2D eigenvalue weighted by Crippen LogP contribution is 2.01. The quantitative estimate of drug-likeness (QED) is 0.166. The van der Waals surface area contributed by atoms with Crippen LogP contribution >= 0.6 is 0 Å². The van der Waals surface area contributed by atoms with Crippen molar-refractivity contribution in [1.29, 1.82) is 0 Å². The van der Waals surface area contributed by atoms with Gasteiger partial charge < -0.3 is 42.1 Å². The van der Waals surface area contributed by atoms with E-state index < -0.39 is 66.3 Å². The lowest BCUT2D eigenvalue weighted by Crippen LogP contribution is -2.62. The van der Waals surface area contributed by atoms with Gasteiger partial charge in [-0.05, 0) is 27.7 Å². The smallest absolute Gasteiger partial charge is 0.245 e. The van der Waals surface area contributed by atoms with Crippen LogP contribution in [0.2, 0.25) is 0 Å². The third-order valence-electron chi connectivity index (χ3n) is 3.85. The number of nitrogens with one attached hydrogen (secondary N) is 3. The van der Waals surface area contributed by atoms with Gasteiger partial charge in [0.05, 0.1) is 24.4 Å². The van der Waals surface area contributed by atoms with Crippen molar-refractivity contribution in [2.45, 2.75) is 76.3 Å². The van der Waals surface area contributed by atoms with Gasteiger partial charge in [0.15, 0.2) is 0 Å². The molecule has 0 aromatic carbocycles. The van der Waals surface area contributed by atoms with E-state index in [1.807, 2.05) is 0 Å². The van der Waals surface area contributed by atoms with Gasteiger partial charge in [-0.25, -0.2) is 0 Å². The molecule has 3 amide bonds. The fourth-order valence-electron chi connectivity index (χ4n) is 2.01. The van der Waals surface area contributed by atoms with E-state index in [9.17, 15) is 39.6 Å². The maximum atomic E-state index is 12.4. The molecule has 161 valence electrons. The first-order valence-corrected chi connectivity index (χ1v) is 8.60. The summed E-state index contributed by atoms with van der Waals surface area (Å²) in [6.45, 7) is 4.88. The summed E-state index contributed by atoms with van der Waals surface area (Å²) in [4.78, 5) is 47.3. The lowest BCUT2D eigenvalue weighted by atomic mass is 10.1. The number of hydrogen-bond donors (Lipinski definition) is 8. The number of carbonyl (C=O) groups excluding carboxylic acids is 4. The van der Waals surface area contributed by atoms with Gasteiger partial charge in [0.25, 0.3) is 0 Å². The fraction of sp³-hybridized carbons (Fsp3) is 0.750. The topological polar surface area (TPSA) is 211 Å². The van der Waals surface area contributed by atoms with Gasteiger partial charge in [-0.15, -0.1) is 0 Å². The minimum absolute atomic E-state index is 0.918. The van der Waals surface area contributed by atoms with E-state index in [0.29, 0.717) is 0 Å². The molecule has 0 aromatic heterocycles. The molecule has 9 N–H and O–H groups in total. The first kappa shape index (κ1) is 25.9. The average molecular weight is 405 g/mol. The van der Waals surface area contributed by atoms with Gasteiger partial charge in [-0.1, -0.05) is 0 Å². The summed E-state index contributed by atoms with van der Waals surface area (Å²) in [5.74, 6) is -2.93. The van der Waals surface area contributed by atoms with Gasteiger partial charge in [0.2, 0.25) is 24.0 Å². The Kier molecular flexibility index (Phi) is 10.8. The number of aliphatic hydroxyl groups is 4. The maximum absolute atomic E-state index is 12.4. The number of carbonyl (C=O) groups is 3. The van der Waals surface area contributed by atoms with Crippen LogP contribution in [-0.4, -0.2) is 93.0 Å². The molecule has 0 saturated carbocycles. The molecule has 1 radical (unpaired) electrons. The minimum Gasteiger partial charge on any atom is -0.391 e. The van der Waals surface area contributed by atoms with E-state index in [1.54, 1.807) is 0 Å². The molecule has 0 spiro atoms. The molecular weight excluding hydrogens is 376 g/mol. The summed E-state index contributed by atoms with van der Waals surface area (Å²) < 4.78 is 0. The third-order valence-corrected chi connectivity index (χ3v) is 3.85. The highest BCUT2D eigenvalue weighted by molar-refractivity contribution is 5.94. The normalized spacial score (nSPS) is 19.8. The Morgan fingerprint density at radius 2 is 1.11 bits per heavy atom. The number of amides is 3. The molecule has 0 aliphatic carbocycles. The average Bonchev–Trinajstić information content (AvgIpc) is 2.59. The standard InChI is InChI=1S/C16H29N4O8/c1-6(22)10(5-21)18-15(27)12(8(3)24)20-16(28)13(9(4)25)19-14(26)11(17)7(2)23/h6-13,22-25H,17H2,1-4H3,(H,18,27)(H,19,26)(H,20,28). The Morgan fingerprint density at radius 3 is 1.43 bits per heavy atom. The van der Waals surface area contributed by atoms with Crippen molar-refractivity contribution in [3.63, 3.8) is 0 Å². The first-order valence-electron chi connectivity index (χ1n) is 8.60. The molecule has 12 nitrogen and oxygen atoms in total. The summed E-state index contributed by atoms with van der Waals surface area (Å²) in [7, 11) is 0. The molecule has 28 heavy (non-hydrogen) atoms. The van der Waals surface area contributed by atoms with Crippen molar-refractivity contribution in [1.82, 2.24) is 16.0 Å². The van der Waals surface area contributed by atoms with Crippen molar-refractivity contribution in [3.8, 4) is 0 Å². The monoisotopic (exact) mass is 405 g/mol. The summed E-state index contributed by atoms with van der Waals surface area (Å²) >= 11 is 0. The third kappa shape index (κ3) is 7.86. The van der Waals surface area contributed by atoms with Crippen molar-refractivity contribution in [2.75, 3.05) is 0 Å². The van der Waals surface area contributed by atoms with Crippen LogP contribution in [0.5, 0.6) is 0 Å². The van der Waals surface area contributed by atoms with Crippen LogP contribution in [0.1, 0.15) is 27.7 Å². The molecule has 8 unspecified atom stereocenters. The molecule has 0 rings (SSSR count). The van der Waals surface area contributed by atoms with Crippen molar-refractivity contribution in [2.24, 2.45) is 5.73 Å². The number of nitrogens with two attached hydrogens (primary N) is 1. The van der Waals surface area contributed by atoms with Crippen molar-refractivity contribution >= 4 is 24.0 Å². The van der Waals surface area contributed by atoms with Crippen molar-refractivity contribution in [3.05, 3.63) is 0 Å². The van der Waals surface area contributed by atoms with Crippen LogP contribution in [-0.2, 0) is 19.2 Å². The highest BCUT2D eigenvalue weighted by atomic mass is 16.3. The Morgan fingerprint density at radius 1 is 0.714 bits per heavy atom. The number of hydrogen-bond acceptors (Lipinski definition) is 9. The molecule has 0 saturated heterocycles. The Labute approximate surface area is 162 Å². The van der Waals surface area contributed by atoms with E-state index in [4.69, 9.17) is 5.73 Å². The fourth-order valence-corrected chi connectivity index (χ4v) is 2.01. The predicted molar refractivity (Wildman–Crippen MR) is 96.2 cm³/mol. The van der Waals surface area contributed by atoms with Crippen LogP contribution < -0.4 is 21.7 Å².